The van der Waals surface area contributed by atoms with Gasteiger partial charge < -0.3 is 4.98 Å². The van der Waals surface area contributed by atoms with E-state index in [0.717, 1.165) is 21.9 Å². The Morgan fingerprint density at radius 2 is 1.86 bits per heavy atom. The van der Waals surface area contributed by atoms with Gasteiger partial charge in [-0.1, -0.05) is 23.7 Å². The second-order valence-electron chi connectivity index (χ2n) is 3.43. The van der Waals surface area contributed by atoms with Crippen LogP contribution in [0.15, 0.2) is 23.0 Å². The fourth-order valence-electron chi connectivity index (χ4n) is 1.65. The quantitative estimate of drug-likeness (QED) is 0.662. The fraction of sp³-hybridized carbons (Fsp3) is 0.182. The molecule has 0 fully saturated rings. The predicted molar refractivity (Wildman–Crippen MR) is 59.1 cm³/mol. The number of hydrogen-bond donors (Lipinski definition) is 1. The molecular formula is C11H10ClNO. The second-order valence-corrected chi connectivity index (χ2v) is 3.84. The van der Waals surface area contributed by atoms with Crippen molar-refractivity contribution in [3.05, 3.63) is 44.8 Å². The summed E-state index contributed by atoms with van der Waals surface area (Å²) in [5.41, 5.74) is 1.93. The Balaban J connectivity index is 3.08. The zero-order chi connectivity index (χ0) is 10.3. The van der Waals surface area contributed by atoms with Crippen LogP contribution in [0.3, 0.4) is 0 Å². The molecule has 1 aromatic carbocycles. The molecule has 0 amide bonds. The average molecular weight is 208 g/mol. The molecule has 0 aliphatic carbocycles. The Labute approximate surface area is 86.5 Å². The highest BCUT2D eigenvalue weighted by Gasteiger charge is 2.05. The molecule has 0 atom stereocenters. The topological polar surface area (TPSA) is 32.9 Å². The molecule has 0 radical (unpaired) electrons. The minimum Gasteiger partial charge on any atom is -0.312 e. The normalized spacial score (nSPS) is 10.8. The van der Waals surface area contributed by atoms with Gasteiger partial charge in [0.1, 0.15) is 5.15 Å². The number of rotatable bonds is 0. The Kier molecular flexibility index (Phi) is 2.08. The van der Waals surface area contributed by atoms with Crippen LogP contribution in [-0.4, -0.2) is 4.98 Å². The van der Waals surface area contributed by atoms with Gasteiger partial charge in [-0.3, -0.25) is 4.79 Å². The van der Waals surface area contributed by atoms with Crippen molar-refractivity contribution in [3.63, 3.8) is 0 Å². The van der Waals surface area contributed by atoms with Gasteiger partial charge in [0.25, 0.3) is 5.56 Å². The van der Waals surface area contributed by atoms with E-state index in [1.165, 1.54) is 0 Å². The van der Waals surface area contributed by atoms with Crippen LogP contribution in [0.2, 0.25) is 5.15 Å². The first-order valence-corrected chi connectivity index (χ1v) is 4.76. The van der Waals surface area contributed by atoms with Crippen LogP contribution in [0, 0.1) is 13.8 Å². The average Bonchev–Trinajstić information content (AvgIpc) is 2.10. The van der Waals surface area contributed by atoms with Crippen molar-refractivity contribution in [1.82, 2.24) is 4.98 Å². The lowest BCUT2D eigenvalue weighted by Gasteiger charge is -2.04. The highest BCUT2D eigenvalue weighted by Crippen LogP contribution is 2.20. The minimum atomic E-state index is -0.117. The van der Waals surface area contributed by atoms with Crippen LogP contribution >= 0.6 is 11.6 Å². The summed E-state index contributed by atoms with van der Waals surface area (Å²) in [5, 5.41) is 2.05. The van der Waals surface area contributed by atoms with E-state index in [0.29, 0.717) is 5.15 Å². The van der Waals surface area contributed by atoms with Gasteiger partial charge in [0.2, 0.25) is 0 Å². The highest BCUT2D eigenvalue weighted by molar-refractivity contribution is 6.30. The minimum absolute atomic E-state index is 0.117. The van der Waals surface area contributed by atoms with E-state index in [-0.39, 0.29) is 5.56 Å². The molecule has 0 spiro atoms. The summed E-state index contributed by atoms with van der Waals surface area (Å²) in [6.07, 6.45) is 0. The third kappa shape index (κ3) is 1.32. The number of H-pyrrole nitrogens is 1. The number of hydrogen-bond acceptors (Lipinski definition) is 1. The largest absolute Gasteiger partial charge is 0.312 e. The van der Waals surface area contributed by atoms with E-state index < -0.39 is 0 Å². The maximum Gasteiger partial charge on any atom is 0.257 e. The molecule has 0 aliphatic rings. The number of aromatic amines is 1. The molecule has 0 unspecified atom stereocenters. The maximum absolute atomic E-state index is 11.6. The van der Waals surface area contributed by atoms with Gasteiger partial charge in [-0.25, -0.2) is 0 Å². The summed E-state index contributed by atoms with van der Waals surface area (Å²) in [6.45, 7) is 3.89. The third-order valence-corrected chi connectivity index (χ3v) is 2.61. The molecular weight excluding hydrogens is 198 g/mol. The molecule has 0 aliphatic heterocycles. The molecule has 1 N–H and O–H groups in total. The van der Waals surface area contributed by atoms with Crippen molar-refractivity contribution >= 4 is 22.4 Å². The predicted octanol–water partition coefficient (Wildman–Crippen LogP) is 2.80. The summed E-state index contributed by atoms with van der Waals surface area (Å²) in [6, 6.07) is 5.73. The molecule has 0 bridgehead atoms. The lowest BCUT2D eigenvalue weighted by Crippen LogP contribution is -2.07. The summed E-state index contributed by atoms with van der Waals surface area (Å²) in [7, 11) is 0. The number of fused-ring (bicyclic) bond motifs is 1. The standard InChI is InChI=1S/C11H10ClNO/c1-6-3-4-7(2)10-8(6)5-9(12)13-11(10)14/h3-5H,1-2H3,(H,13,14). The van der Waals surface area contributed by atoms with Gasteiger partial charge in [-0.2, -0.15) is 0 Å². The van der Waals surface area contributed by atoms with E-state index in [2.05, 4.69) is 4.98 Å². The zero-order valence-corrected chi connectivity index (χ0v) is 8.77. The number of pyridine rings is 1. The van der Waals surface area contributed by atoms with Crippen LogP contribution in [0.5, 0.6) is 0 Å². The molecule has 2 nitrogen and oxygen atoms in total. The van der Waals surface area contributed by atoms with Crippen molar-refractivity contribution < 1.29 is 0 Å². The lowest BCUT2D eigenvalue weighted by molar-refractivity contribution is 1.26. The first-order valence-electron chi connectivity index (χ1n) is 4.38. The van der Waals surface area contributed by atoms with Crippen molar-refractivity contribution in [2.24, 2.45) is 0 Å². The van der Waals surface area contributed by atoms with E-state index in [9.17, 15) is 4.79 Å². The molecule has 3 heteroatoms. The van der Waals surface area contributed by atoms with Crippen molar-refractivity contribution in [2.75, 3.05) is 0 Å². The number of aryl methyl sites for hydroxylation is 2. The number of aromatic nitrogens is 1. The molecule has 2 rings (SSSR count). The molecule has 72 valence electrons. The maximum atomic E-state index is 11.6. The van der Waals surface area contributed by atoms with Crippen LogP contribution in [0.25, 0.3) is 10.8 Å². The number of nitrogens with one attached hydrogen (secondary N) is 1. The molecule has 0 saturated heterocycles. The van der Waals surface area contributed by atoms with Crippen LogP contribution in [0.1, 0.15) is 11.1 Å². The Morgan fingerprint density at radius 1 is 1.21 bits per heavy atom. The van der Waals surface area contributed by atoms with Crippen LogP contribution < -0.4 is 5.56 Å². The van der Waals surface area contributed by atoms with E-state index in [4.69, 9.17) is 11.6 Å². The fourth-order valence-corrected chi connectivity index (χ4v) is 1.85. The van der Waals surface area contributed by atoms with Crippen LogP contribution in [-0.2, 0) is 0 Å². The molecule has 2 aromatic rings. The zero-order valence-electron chi connectivity index (χ0n) is 8.02. The third-order valence-electron chi connectivity index (χ3n) is 2.40. The van der Waals surface area contributed by atoms with Gasteiger partial charge in [-0.15, -0.1) is 0 Å². The van der Waals surface area contributed by atoms with Crippen molar-refractivity contribution in [2.45, 2.75) is 13.8 Å². The number of benzene rings is 1. The second kappa shape index (κ2) is 3.14. The first kappa shape index (κ1) is 9.28. The Hall–Kier alpha value is -1.28. The molecule has 0 saturated carbocycles. The monoisotopic (exact) mass is 207 g/mol. The Morgan fingerprint density at radius 3 is 2.57 bits per heavy atom. The Bertz CT molecular complexity index is 557. The smallest absolute Gasteiger partial charge is 0.257 e. The van der Waals surface area contributed by atoms with Gasteiger partial charge in [0.05, 0.1) is 5.39 Å². The van der Waals surface area contributed by atoms with Crippen molar-refractivity contribution in [1.29, 1.82) is 0 Å². The van der Waals surface area contributed by atoms with Gasteiger partial charge >= 0.3 is 0 Å². The van der Waals surface area contributed by atoms with Gasteiger partial charge in [-0.05, 0) is 36.4 Å². The SMILES string of the molecule is Cc1ccc(C)c2c(=O)[nH]c(Cl)cc12. The number of halogens is 1. The van der Waals surface area contributed by atoms with Gasteiger partial charge in [0.15, 0.2) is 0 Å². The lowest BCUT2D eigenvalue weighted by atomic mass is 10.0. The summed E-state index contributed by atoms with van der Waals surface area (Å²) in [4.78, 5) is 14.2. The molecule has 14 heavy (non-hydrogen) atoms. The molecule has 1 heterocycles. The molecule has 1 aromatic heterocycles. The van der Waals surface area contributed by atoms with Crippen LogP contribution in [0.4, 0.5) is 0 Å². The van der Waals surface area contributed by atoms with Crippen molar-refractivity contribution in [3.8, 4) is 0 Å². The summed E-state index contributed by atoms with van der Waals surface area (Å²) >= 11 is 5.79. The van der Waals surface area contributed by atoms with E-state index >= 15 is 0 Å². The van der Waals surface area contributed by atoms with E-state index in [1.807, 2.05) is 26.0 Å². The van der Waals surface area contributed by atoms with Gasteiger partial charge in [0, 0.05) is 0 Å². The highest BCUT2D eigenvalue weighted by atomic mass is 35.5. The summed E-state index contributed by atoms with van der Waals surface area (Å²) in [5.74, 6) is 0. The van der Waals surface area contributed by atoms with E-state index in [1.54, 1.807) is 6.07 Å². The summed E-state index contributed by atoms with van der Waals surface area (Å²) < 4.78 is 0. The first-order chi connectivity index (χ1) is 6.59.